The summed E-state index contributed by atoms with van der Waals surface area (Å²) in [5, 5.41) is 1.53. The van der Waals surface area contributed by atoms with Gasteiger partial charge in [-0.3, -0.25) is 0 Å². The molecule has 0 aliphatic heterocycles. The summed E-state index contributed by atoms with van der Waals surface area (Å²) in [6.07, 6.45) is 11.8. The third kappa shape index (κ3) is 4.61. The van der Waals surface area contributed by atoms with Crippen molar-refractivity contribution in [1.82, 2.24) is 0 Å². The van der Waals surface area contributed by atoms with Crippen LogP contribution in [-0.2, 0) is 10.1 Å². The maximum Gasteiger partial charge on any atom is 0.534 e. The maximum atomic E-state index is 12.5. The van der Waals surface area contributed by atoms with Crippen molar-refractivity contribution >= 4 is 20.9 Å². The monoisotopic (exact) mass is 440 g/mol. The molecular weight excluding hydrogens is 413 g/mol. The van der Waals surface area contributed by atoms with Gasteiger partial charge in [0, 0.05) is 0 Å². The predicted molar refractivity (Wildman–Crippen MR) is 111 cm³/mol. The molecule has 0 aromatic heterocycles. The number of halogens is 3. The van der Waals surface area contributed by atoms with E-state index in [-0.39, 0.29) is 5.75 Å². The number of benzene rings is 2. The van der Waals surface area contributed by atoms with Crippen LogP contribution in [0.25, 0.3) is 10.8 Å². The van der Waals surface area contributed by atoms with Crippen molar-refractivity contribution in [3.05, 3.63) is 42.0 Å². The van der Waals surface area contributed by atoms with Crippen LogP contribution in [0.1, 0.15) is 69.3 Å². The summed E-state index contributed by atoms with van der Waals surface area (Å²) in [6, 6.07) is 10.1. The Bertz CT molecular complexity index is 986. The molecule has 164 valence electrons. The van der Waals surface area contributed by atoms with Gasteiger partial charge in [-0.1, -0.05) is 56.4 Å². The molecule has 0 bridgehead atoms. The zero-order valence-corrected chi connectivity index (χ0v) is 17.6. The van der Waals surface area contributed by atoms with E-state index in [0.29, 0.717) is 11.3 Å². The number of hydrogen-bond donors (Lipinski definition) is 0. The number of fused-ring (bicyclic) bond motifs is 1. The van der Waals surface area contributed by atoms with Crippen molar-refractivity contribution in [2.75, 3.05) is 0 Å². The van der Waals surface area contributed by atoms with Crippen molar-refractivity contribution in [3.63, 3.8) is 0 Å². The summed E-state index contributed by atoms with van der Waals surface area (Å²) in [4.78, 5) is 0. The largest absolute Gasteiger partial charge is 0.534 e. The fourth-order valence-corrected chi connectivity index (χ4v) is 5.70. The predicted octanol–water partition coefficient (Wildman–Crippen LogP) is 6.92. The van der Waals surface area contributed by atoms with E-state index in [1.807, 2.05) is 12.1 Å². The topological polar surface area (TPSA) is 43.4 Å². The third-order valence-electron chi connectivity index (χ3n) is 6.88. The van der Waals surface area contributed by atoms with Crippen LogP contribution in [0.15, 0.2) is 36.4 Å². The Balaban J connectivity index is 1.44. The summed E-state index contributed by atoms with van der Waals surface area (Å²) in [7, 11) is -5.66. The molecule has 0 heterocycles. The Kier molecular flexibility index (Phi) is 6.02. The highest BCUT2D eigenvalue weighted by Gasteiger charge is 2.48. The maximum absolute atomic E-state index is 12.5. The van der Waals surface area contributed by atoms with Gasteiger partial charge in [0.15, 0.2) is 0 Å². The van der Waals surface area contributed by atoms with Crippen molar-refractivity contribution < 1.29 is 25.8 Å². The minimum Gasteiger partial charge on any atom is -0.376 e. The van der Waals surface area contributed by atoms with E-state index in [9.17, 15) is 21.6 Å². The lowest BCUT2D eigenvalue weighted by atomic mass is 9.70. The van der Waals surface area contributed by atoms with Crippen LogP contribution in [0, 0.1) is 11.8 Å². The molecule has 0 atom stereocenters. The lowest BCUT2D eigenvalue weighted by molar-refractivity contribution is -0.0500. The van der Waals surface area contributed by atoms with E-state index in [1.165, 1.54) is 75.5 Å². The van der Waals surface area contributed by atoms with Crippen molar-refractivity contribution in [1.29, 1.82) is 0 Å². The summed E-state index contributed by atoms with van der Waals surface area (Å²) in [5.74, 6) is 1.94. The summed E-state index contributed by atoms with van der Waals surface area (Å²) < 4.78 is 64.2. The normalized spacial score (nSPS) is 24.1. The van der Waals surface area contributed by atoms with Gasteiger partial charge in [-0.15, -0.1) is 0 Å². The highest BCUT2D eigenvalue weighted by molar-refractivity contribution is 7.88. The second kappa shape index (κ2) is 8.40. The van der Waals surface area contributed by atoms with Crippen LogP contribution in [-0.4, -0.2) is 13.9 Å². The molecule has 2 aromatic carbocycles. The molecular formula is C23H27F3O3S. The standard InChI is InChI=1S/C23H27F3O3S/c24-23(25,26)30(27,28)29-22-13-12-20-14-19(10-11-21(20)15-22)18-8-6-17(7-9-18)16-4-2-1-3-5-16/h10-18H,1-9H2. The Hall–Kier alpha value is -1.76. The molecule has 0 radical (unpaired) electrons. The van der Waals surface area contributed by atoms with Crippen LogP contribution in [0.3, 0.4) is 0 Å². The second-order valence-electron chi connectivity index (χ2n) is 8.76. The van der Waals surface area contributed by atoms with Gasteiger partial charge >= 0.3 is 15.6 Å². The molecule has 0 N–H and O–H groups in total. The van der Waals surface area contributed by atoms with Gasteiger partial charge in [-0.25, -0.2) is 0 Å². The van der Waals surface area contributed by atoms with Crippen LogP contribution >= 0.6 is 0 Å². The molecule has 30 heavy (non-hydrogen) atoms. The molecule has 3 nitrogen and oxygen atoms in total. The van der Waals surface area contributed by atoms with E-state index >= 15 is 0 Å². The average Bonchev–Trinajstić information content (AvgIpc) is 2.73. The first-order valence-corrected chi connectivity index (χ1v) is 12.2. The first kappa shape index (κ1) is 21.5. The third-order valence-corrected chi connectivity index (χ3v) is 7.86. The highest BCUT2D eigenvalue weighted by atomic mass is 32.2. The van der Waals surface area contributed by atoms with E-state index in [1.54, 1.807) is 6.07 Å². The van der Waals surface area contributed by atoms with E-state index in [0.717, 1.165) is 17.2 Å². The zero-order valence-electron chi connectivity index (χ0n) is 16.8. The fourth-order valence-electron chi connectivity index (χ4n) is 5.25. The molecule has 4 rings (SSSR count). The molecule has 0 amide bonds. The van der Waals surface area contributed by atoms with E-state index < -0.39 is 15.6 Å². The fraction of sp³-hybridized carbons (Fsp3) is 0.565. The molecule has 0 spiro atoms. The Morgan fingerprint density at radius 3 is 2.03 bits per heavy atom. The van der Waals surface area contributed by atoms with Crippen molar-refractivity contribution in [2.24, 2.45) is 11.8 Å². The molecule has 0 saturated heterocycles. The lowest BCUT2D eigenvalue weighted by Gasteiger charge is -2.36. The smallest absolute Gasteiger partial charge is 0.376 e. The molecule has 0 unspecified atom stereocenters. The molecule has 2 aliphatic rings. The van der Waals surface area contributed by atoms with Gasteiger partial charge in [0.2, 0.25) is 0 Å². The first-order valence-electron chi connectivity index (χ1n) is 10.8. The minimum absolute atomic E-state index is 0.333. The van der Waals surface area contributed by atoms with Crippen LogP contribution < -0.4 is 4.18 Å². The second-order valence-corrected chi connectivity index (χ2v) is 10.3. The van der Waals surface area contributed by atoms with Gasteiger partial charge in [-0.05, 0) is 71.9 Å². The Morgan fingerprint density at radius 2 is 1.37 bits per heavy atom. The average molecular weight is 441 g/mol. The molecule has 2 fully saturated rings. The minimum atomic E-state index is -5.66. The Labute approximate surface area is 175 Å². The van der Waals surface area contributed by atoms with Gasteiger partial charge in [-0.2, -0.15) is 21.6 Å². The van der Waals surface area contributed by atoms with Gasteiger partial charge in [0.1, 0.15) is 5.75 Å². The summed E-state index contributed by atoms with van der Waals surface area (Å²) >= 11 is 0. The number of rotatable bonds is 4. The van der Waals surface area contributed by atoms with Gasteiger partial charge < -0.3 is 4.18 Å². The summed E-state index contributed by atoms with van der Waals surface area (Å²) in [6.45, 7) is 0. The molecule has 2 aromatic rings. The lowest BCUT2D eigenvalue weighted by Crippen LogP contribution is -2.28. The van der Waals surface area contributed by atoms with Crippen LogP contribution in [0.4, 0.5) is 13.2 Å². The molecule has 2 aliphatic carbocycles. The van der Waals surface area contributed by atoms with Gasteiger partial charge in [0.25, 0.3) is 0 Å². The molecule has 2 saturated carbocycles. The summed E-state index contributed by atoms with van der Waals surface area (Å²) in [5.41, 5.74) is -4.19. The van der Waals surface area contributed by atoms with Crippen LogP contribution in [0.2, 0.25) is 0 Å². The van der Waals surface area contributed by atoms with E-state index in [4.69, 9.17) is 0 Å². The van der Waals surface area contributed by atoms with E-state index in [2.05, 4.69) is 10.2 Å². The molecule has 7 heteroatoms. The Morgan fingerprint density at radius 1 is 0.767 bits per heavy atom. The number of alkyl halides is 3. The SMILES string of the molecule is O=S(=O)(Oc1ccc2cc(C3CCC(C4CCCCC4)CC3)ccc2c1)C(F)(F)F. The highest BCUT2D eigenvalue weighted by Crippen LogP contribution is 2.43. The first-order chi connectivity index (χ1) is 14.2. The van der Waals surface area contributed by atoms with Crippen LogP contribution in [0.5, 0.6) is 5.75 Å². The zero-order chi connectivity index (χ0) is 21.4. The quantitative estimate of drug-likeness (QED) is 0.383. The van der Waals surface area contributed by atoms with Crippen molar-refractivity contribution in [3.8, 4) is 5.75 Å². The van der Waals surface area contributed by atoms with Gasteiger partial charge in [0.05, 0.1) is 0 Å². The number of hydrogen-bond acceptors (Lipinski definition) is 3. The van der Waals surface area contributed by atoms with Crippen molar-refractivity contribution in [2.45, 2.75) is 69.2 Å².